The number of carbonyl (C=O) groups is 4. The van der Waals surface area contributed by atoms with Gasteiger partial charge in [-0.05, 0) is 119 Å². The normalized spacial score (nSPS) is 14.1. The standard InChI is InChI=1S/C38H18F2N2O4S2/c39-23-3-7-25(8-4-23)41-35(43)27-11-1-19(13-29(27)37(41)45)31-15-21-17-34-22(18-33(21)47-31)16-32(48-34)20-2-12-28-30(14-20)38(46)42(36(28)44)26-9-5-24(40)6-10-26/h1-18H. The van der Waals surface area contributed by atoms with E-state index in [4.69, 9.17) is 0 Å². The van der Waals surface area contributed by atoms with Crippen LogP contribution >= 0.6 is 22.7 Å². The summed E-state index contributed by atoms with van der Waals surface area (Å²) in [5.41, 5.74) is 3.49. The molecular weight excluding hydrogens is 651 g/mol. The second-order valence-corrected chi connectivity index (χ2v) is 13.7. The van der Waals surface area contributed by atoms with Gasteiger partial charge in [-0.3, -0.25) is 19.2 Å². The zero-order valence-electron chi connectivity index (χ0n) is 24.5. The summed E-state index contributed by atoms with van der Waals surface area (Å²) < 4.78 is 29.0. The third kappa shape index (κ3) is 4.27. The van der Waals surface area contributed by atoms with Crippen LogP contribution in [0, 0.1) is 11.6 Å². The van der Waals surface area contributed by atoms with Gasteiger partial charge in [0.05, 0.1) is 33.6 Å². The number of benzene rings is 5. The number of amides is 4. The molecule has 9 rings (SSSR count). The molecule has 0 spiro atoms. The average Bonchev–Trinajstić information content (AvgIpc) is 3.82. The first-order valence-corrected chi connectivity index (χ1v) is 16.4. The molecule has 6 nitrogen and oxygen atoms in total. The molecule has 0 N–H and O–H groups in total. The molecule has 0 atom stereocenters. The summed E-state index contributed by atoms with van der Waals surface area (Å²) in [6, 6.07) is 29.3. The van der Waals surface area contributed by atoms with Gasteiger partial charge in [-0.2, -0.15) is 0 Å². The number of nitrogens with zero attached hydrogens (tertiary/aromatic N) is 2. The van der Waals surface area contributed by atoms with Crippen molar-refractivity contribution >= 4 is 77.8 Å². The number of rotatable bonds is 4. The first-order chi connectivity index (χ1) is 23.2. The van der Waals surface area contributed by atoms with E-state index in [9.17, 15) is 28.0 Å². The van der Waals surface area contributed by atoms with Gasteiger partial charge in [0.15, 0.2) is 0 Å². The zero-order valence-corrected chi connectivity index (χ0v) is 26.1. The lowest BCUT2D eigenvalue weighted by Crippen LogP contribution is -2.29. The van der Waals surface area contributed by atoms with E-state index in [2.05, 4.69) is 24.3 Å². The van der Waals surface area contributed by atoms with E-state index >= 15 is 0 Å². The van der Waals surface area contributed by atoms with Crippen LogP contribution in [0.1, 0.15) is 41.4 Å². The van der Waals surface area contributed by atoms with E-state index in [0.29, 0.717) is 33.6 Å². The Morgan fingerprint density at radius 3 is 1.19 bits per heavy atom. The molecule has 0 fully saturated rings. The Morgan fingerprint density at radius 1 is 0.417 bits per heavy atom. The Labute approximate surface area is 278 Å². The number of thiophene rings is 2. The number of anilines is 2. The molecule has 2 aromatic heterocycles. The van der Waals surface area contributed by atoms with Gasteiger partial charge in [0.25, 0.3) is 23.6 Å². The molecule has 0 bridgehead atoms. The SMILES string of the molecule is O=C1c2ccc(-c3cc4cc5sc(-c6ccc7c(c6)C(=O)N(c6ccc(F)cc6)C7=O)cc5cc4s3)cc2C(=O)N1c1ccc(F)cc1. The van der Waals surface area contributed by atoms with E-state index in [1.165, 1.54) is 48.5 Å². The highest BCUT2D eigenvalue weighted by Crippen LogP contribution is 2.42. The summed E-state index contributed by atoms with van der Waals surface area (Å²) in [5.74, 6) is -2.68. The van der Waals surface area contributed by atoms with Gasteiger partial charge in [0.1, 0.15) is 11.6 Å². The third-order valence-electron chi connectivity index (χ3n) is 8.67. The lowest BCUT2D eigenvalue weighted by molar-refractivity contribution is 0.0910. The molecule has 7 aromatic rings. The number of hydrogen-bond donors (Lipinski definition) is 0. The second kappa shape index (κ2) is 10.3. The molecule has 2 aliphatic heterocycles. The predicted molar refractivity (Wildman–Crippen MR) is 183 cm³/mol. The van der Waals surface area contributed by atoms with Gasteiger partial charge in [0.2, 0.25) is 0 Å². The fourth-order valence-electron chi connectivity index (χ4n) is 6.29. The largest absolute Gasteiger partial charge is 0.268 e. The van der Waals surface area contributed by atoms with Crippen LogP contribution < -0.4 is 9.80 Å². The van der Waals surface area contributed by atoms with Crippen LogP contribution in [0.3, 0.4) is 0 Å². The summed E-state index contributed by atoms with van der Waals surface area (Å²) in [5, 5.41) is 2.05. The van der Waals surface area contributed by atoms with Gasteiger partial charge in [-0.1, -0.05) is 12.1 Å². The Balaban J connectivity index is 1.02. The minimum Gasteiger partial charge on any atom is -0.268 e. The number of hydrogen-bond acceptors (Lipinski definition) is 6. The van der Waals surface area contributed by atoms with E-state index in [0.717, 1.165) is 50.9 Å². The van der Waals surface area contributed by atoms with E-state index in [1.54, 1.807) is 46.9 Å². The minimum absolute atomic E-state index is 0.306. The molecule has 2 aliphatic rings. The van der Waals surface area contributed by atoms with Crippen molar-refractivity contribution in [3.05, 3.63) is 143 Å². The summed E-state index contributed by atoms with van der Waals surface area (Å²) in [6.07, 6.45) is 0. The van der Waals surface area contributed by atoms with Crippen LogP contribution in [-0.2, 0) is 0 Å². The number of imide groups is 2. The van der Waals surface area contributed by atoms with E-state index in [-0.39, 0.29) is 0 Å². The van der Waals surface area contributed by atoms with Crippen LogP contribution in [0.5, 0.6) is 0 Å². The minimum atomic E-state index is -0.452. The molecular formula is C38H18F2N2O4S2. The molecule has 0 saturated carbocycles. The molecule has 0 unspecified atom stereocenters. The molecule has 0 aliphatic carbocycles. The van der Waals surface area contributed by atoms with Crippen LogP contribution in [0.2, 0.25) is 0 Å². The quantitative estimate of drug-likeness (QED) is 0.175. The van der Waals surface area contributed by atoms with Crippen LogP contribution in [0.4, 0.5) is 20.2 Å². The molecule has 0 saturated heterocycles. The third-order valence-corrected chi connectivity index (χ3v) is 11.0. The maximum atomic E-state index is 13.4. The Bertz CT molecular complexity index is 2350. The first kappa shape index (κ1) is 28.4. The second-order valence-electron chi connectivity index (χ2n) is 11.5. The monoisotopic (exact) mass is 668 g/mol. The van der Waals surface area contributed by atoms with Crippen LogP contribution in [0.15, 0.2) is 109 Å². The lowest BCUT2D eigenvalue weighted by atomic mass is 10.0. The maximum absolute atomic E-state index is 13.4. The first-order valence-electron chi connectivity index (χ1n) is 14.8. The van der Waals surface area contributed by atoms with Crippen molar-refractivity contribution in [2.75, 3.05) is 9.80 Å². The number of halogens is 2. The summed E-state index contributed by atoms with van der Waals surface area (Å²) >= 11 is 3.15. The topological polar surface area (TPSA) is 74.8 Å². The van der Waals surface area contributed by atoms with Gasteiger partial charge >= 0.3 is 0 Å². The highest BCUT2D eigenvalue weighted by Gasteiger charge is 2.38. The molecule has 10 heteroatoms. The Kier molecular flexibility index (Phi) is 6.11. The van der Waals surface area contributed by atoms with Crippen molar-refractivity contribution in [3.8, 4) is 20.9 Å². The summed E-state index contributed by atoms with van der Waals surface area (Å²) in [7, 11) is 0. The van der Waals surface area contributed by atoms with Crippen molar-refractivity contribution < 1.29 is 28.0 Å². The Morgan fingerprint density at radius 2 is 0.792 bits per heavy atom. The highest BCUT2D eigenvalue weighted by atomic mass is 32.1. The zero-order chi connectivity index (χ0) is 32.8. The molecule has 230 valence electrons. The van der Waals surface area contributed by atoms with E-state index < -0.39 is 35.3 Å². The number of fused-ring (bicyclic) bond motifs is 4. The molecule has 4 heterocycles. The van der Waals surface area contributed by atoms with Crippen molar-refractivity contribution in [2.45, 2.75) is 0 Å². The number of carbonyl (C=O) groups excluding carboxylic acids is 4. The van der Waals surface area contributed by atoms with Crippen LogP contribution in [-0.4, -0.2) is 23.6 Å². The molecule has 0 radical (unpaired) electrons. The summed E-state index contributed by atoms with van der Waals surface area (Å²) in [6.45, 7) is 0. The predicted octanol–water partition coefficient (Wildman–Crippen LogP) is 9.33. The van der Waals surface area contributed by atoms with Gasteiger partial charge in [-0.25, -0.2) is 18.6 Å². The molecule has 4 amide bonds. The van der Waals surface area contributed by atoms with Gasteiger partial charge < -0.3 is 0 Å². The molecule has 5 aromatic carbocycles. The fraction of sp³-hybridized carbons (Fsp3) is 0. The van der Waals surface area contributed by atoms with Gasteiger partial charge in [0, 0.05) is 19.2 Å². The van der Waals surface area contributed by atoms with Crippen LogP contribution in [0.25, 0.3) is 41.1 Å². The lowest BCUT2D eigenvalue weighted by Gasteiger charge is -2.13. The Hall–Kier alpha value is -5.84. The van der Waals surface area contributed by atoms with Crippen molar-refractivity contribution in [2.24, 2.45) is 0 Å². The van der Waals surface area contributed by atoms with Crippen molar-refractivity contribution in [3.63, 3.8) is 0 Å². The smallest absolute Gasteiger partial charge is 0.266 e. The average molecular weight is 669 g/mol. The van der Waals surface area contributed by atoms with Crippen molar-refractivity contribution in [1.29, 1.82) is 0 Å². The fourth-order valence-corrected chi connectivity index (χ4v) is 8.47. The van der Waals surface area contributed by atoms with Gasteiger partial charge in [-0.15, -0.1) is 22.7 Å². The summed E-state index contributed by atoms with van der Waals surface area (Å²) in [4.78, 5) is 56.7. The molecule has 48 heavy (non-hydrogen) atoms. The van der Waals surface area contributed by atoms with Crippen molar-refractivity contribution in [1.82, 2.24) is 0 Å². The van der Waals surface area contributed by atoms with E-state index in [1.807, 2.05) is 12.1 Å². The maximum Gasteiger partial charge on any atom is 0.266 e. The highest BCUT2D eigenvalue weighted by molar-refractivity contribution is 7.23.